The van der Waals surface area contributed by atoms with Crippen molar-refractivity contribution in [2.24, 2.45) is 0 Å². The van der Waals surface area contributed by atoms with Gasteiger partial charge >= 0.3 is 0 Å². The number of nitrogens with zero attached hydrogens (tertiary/aromatic N) is 5. The molecule has 1 fully saturated rings. The number of amides is 1. The molecule has 4 heterocycles. The van der Waals surface area contributed by atoms with Gasteiger partial charge in [0.2, 0.25) is 11.8 Å². The van der Waals surface area contributed by atoms with Crippen LogP contribution in [0.4, 0.5) is 0 Å². The fourth-order valence-electron chi connectivity index (χ4n) is 4.11. The molecule has 5 rings (SSSR count). The number of carbonyl (C=O) groups excluding carboxylic acids is 1. The molecule has 8 heteroatoms. The van der Waals surface area contributed by atoms with Crippen LogP contribution < -0.4 is 9.47 Å². The molecular weight excluding hydrogens is 442 g/mol. The van der Waals surface area contributed by atoms with Gasteiger partial charge in [-0.3, -0.25) is 14.8 Å². The Morgan fingerprint density at radius 3 is 2.49 bits per heavy atom. The zero-order valence-electron chi connectivity index (χ0n) is 19.4. The van der Waals surface area contributed by atoms with Crippen molar-refractivity contribution in [3.63, 3.8) is 0 Å². The maximum Gasteiger partial charge on any atom is 0.259 e. The normalized spacial score (nSPS) is 15.5. The van der Waals surface area contributed by atoms with Gasteiger partial charge in [0.15, 0.2) is 0 Å². The Kier molecular flexibility index (Phi) is 6.61. The Labute approximate surface area is 203 Å². The Morgan fingerprint density at radius 2 is 1.66 bits per heavy atom. The minimum atomic E-state index is -0.132. The van der Waals surface area contributed by atoms with E-state index in [1.165, 1.54) is 0 Å². The molecule has 0 N–H and O–H groups in total. The average Bonchev–Trinajstić information content (AvgIpc) is 2.91. The Hall–Kier alpha value is -4.33. The molecule has 1 saturated heterocycles. The molecule has 1 aliphatic heterocycles. The number of aromatic nitrogens is 4. The molecule has 1 atom stereocenters. The topological polar surface area (TPSA) is 90.3 Å². The molecule has 4 aromatic rings. The second-order valence-electron chi connectivity index (χ2n) is 8.35. The van der Waals surface area contributed by atoms with Crippen LogP contribution in [0.1, 0.15) is 40.5 Å². The summed E-state index contributed by atoms with van der Waals surface area (Å²) in [4.78, 5) is 32.9. The van der Waals surface area contributed by atoms with Crippen LogP contribution in [0.25, 0.3) is 0 Å². The summed E-state index contributed by atoms with van der Waals surface area (Å²) in [7, 11) is 0. The van der Waals surface area contributed by atoms with Crippen molar-refractivity contribution in [1.29, 1.82) is 0 Å². The number of ether oxygens (including phenoxy) is 2. The van der Waals surface area contributed by atoms with Crippen LogP contribution in [0.5, 0.6) is 23.3 Å². The molecule has 1 amide bonds. The van der Waals surface area contributed by atoms with Gasteiger partial charge < -0.3 is 14.4 Å². The summed E-state index contributed by atoms with van der Waals surface area (Å²) in [6.07, 6.45) is 8.25. The number of benzene rings is 1. The lowest BCUT2D eigenvalue weighted by Gasteiger charge is -2.33. The van der Waals surface area contributed by atoms with Crippen LogP contribution in [0.3, 0.4) is 0 Å². The Balaban J connectivity index is 1.35. The van der Waals surface area contributed by atoms with Crippen molar-refractivity contribution >= 4 is 5.91 Å². The lowest BCUT2D eigenvalue weighted by molar-refractivity contribution is 0.0701. The van der Waals surface area contributed by atoms with Crippen molar-refractivity contribution in [1.82, 2.24) is 24.8 Å². The van der Waals surface area contributed by atoms with E-state index in [2.05, 4.69) is 19.9 Å². The standard InChI is InChI=1S/C27H25N5O3/c1-19-11-12-22(17-31-19)35-25-23(10-5-13-29-25)27(33)32-16-6-7-20(18-32)24-26(30-15-14-28-24)34-21-8-3-2-4-9-21/h2-5,8-15,17,20H,6-7,16,18H2,1H3/t20-/m1/s1. The third kappa shape index (κ3) is 5.27. The van der Waals surface area contributed by atoms with Crippen LogP contribution in [0.2, 0.25) is 0 Å². The molecule has 3 aromatic heterocycles. The van der Waals surface area contributed by atoms with Crippen molar-refractivity contribution < 1.29 is 14.3 Å². The molecule has 1 aromatic carbocycles. The summed E-state index contributed by atoms with van der Waals surface area (Å²) in [6.45, 7) is 3.05. The number of aryl methyl sites for hydroxylation is 1. The fourth-order valence-corrected chi connectivity index (χ4v) is 4.11. The summed E-state index contributed by atoms with van der Waals surface area (Å²) in [5.41, 5.74) is 2.05. The van der Waals surface area contributed by atoms with E-state index in [0.29, 0.717) is 36.0 Å². The van der Waals surface area contributed by atoms with Gasteiger partial charge in [0.25, 0.3) is 5.91 Å². The predicted molar refractivity (Wildman–Crippen MR) is 130 cm³/mol. The minimum Gasteiger partial charge on any atom is -0.437 e. The molecule has 8 nitrogen and oxygen atoms in total. The first-order valence-corrected chi connectivity index (χ1v) is 11.6. The zero-order valence-corrected chi connectivity index (χ0v) is 19.4. The van der Waals surface area contributed by atoms with E-state index < -0.39 is 0 Å². The highest BCUT2D eigenvalue weighted by atomic mass is 16.5. The number of hydrogen-bond acceptors (Lipinski definition) is 7. The summed E-state index contributed by atoms with van der Waals surface area (Å²) >= 11 is 0. The third-order valence-electron chi connectivity index (χ3n) is 5.84. The van der Waals surface area contributed by atoms with Gasteiger partial charge in [-0.2, -0.15) is 0 Å². The van der Waals surface area contributed by atoms with Gasteiger partial charge in [0.05, 0.1) is 6.20 Å². The molecule has 0 spiro atoms. The van der Waals surface area contributed by atoms with E-state index in [-0.39, 0.29) is 17.7 Å². The lowest BCUT2D eigenvalue weighted by Crippen LogP contribution is -2.39. The molecule has 176 valence electrons. The van der Waals surface area contributed by atoms with Crippen LogP contribution in [-0.4, -0.2) is 43.8 Å². The van der Waals surface area contributed by atoms with Crippen LogP contribution in [-0.2, 0) is 0 Å². The zero-order chi connectivity index (χ0) is 24.0. The number of pyridine rings is 2. The van der Waals surface area contributed by atoms with Gasteiger partial charge in [-0.25, -0.2) is 9.97 Å². The summed E-state index contributed by atoms with van der Waals surface area (Å²) in [5, 5.41) is 0. The number of piperidine rings is 1. The van der Waals surface area contributed by atoms with E-state index in [1.54, 1.807) is 36.9 Å². The van der Waals surface area contributed by atoms with Crippen LogP contribution in [0, 0.1) is 6.92 Å². The molecule has 0 bridgehead atoms. The molecule has 1 aliphatic rings. The van der Waals surface area contributed by atoms with Crippen LogP contribution >= 0.6 is 0 Å². The quantitative estimate of drug-likeness (QED) is 0.386. The number of carbonyl (C=O) groups is 1. The molecule has 0 aliphatic carbocycles. The second-order valence-corrected chi connectivity index (χ2v) is 8.35. The van der Waals surface area contributed by atoms with Crippen molar-refractivity contribution in [3.8, 4) is 23.3 Å². The van der Waals surface area contributed by atoms with Gasteiger partial charge in [-0.1, -0.05) is 18.2 Å². The maximum absolute atomic E-state index is 13.5. The monoisotopic (exact) mass is 467 g/mol. The lowest BCUT2D eigenvalue weighted by atomic mass is 9.94. The average molecular weight is 468 g/mol. The minimum absolute atomic E-state index is 0.00227. The SMILES string of the molecule is Cc1ccc(Oc2ncccc2C(=O)N2CCC[C@@H](c3nccnc3Oc3ccccc3)C2)cn1. The first-order chi connectivity index (χ1) is 17.2. The molecular formula is C27H25N5O3. The van der Waals surface area contributed by atoms with Gasteiger partial charge in [-0.15, -0.1) is 0 Å². The van der Waals surface area contributed by atoms with E-state index >= 15 is 0 Å². The number of rotatable bonds is 6. The maximum atomic E-state index is 13.5. The summed E-state index contributed by atoms with van der Waals surface area (Å²) in [6, 6.07) is 16.6. The fraction of sp³-hybridized carbons (Fsp3) is 0.222. The smallest absolute Gasteiger partial charge is 0.259 e. The Morgan fingerprint density at radius 1 is 0.857 bits per heavy atom. The molecule has 35 heavy (non-hydrogen) atoms. The molecule has 0 radical (unpaired) electrons. The van der Waals surface area contributed by atoms with Crippen molar-refractivity contribution in [3.05, 3.63) is 96.3 Å². The van der Waals surface area contributed by atoms with Crippen LogP contribution in [0.15, 0.2) is 79.4 Å². The highest BCUT2D eigenvalue weighted by Crippen LogP contribution is 2.34. The third-order valence-corrected chi connectivity index (χ3v) is 5.84. The molecule has 0 saturated carbocycles. The van der Waals surface area contributed by atoms with Gasteiger partial charge in [0, 0.05) is 43.3 Å². The number of likely N-dealkylation sites (tertiary alicyclic amines) is 1. The highest BCUT2D eigenvalue weighted by Gasteiger charge is 2.30. The first-order valence-electron chi connectivity index (χ1n) is 11.6. The summed E-state index contributed by atoms with van der Waals surface area (Å²) < 4.78 is 11.9. The van der Waals surface area contributed by atoms with E-state index in [1.807, 2.05) is 54.3 Å². The van der Waals surface area contributed by atoms with Gasteiger partial charge in [0.1, 0.15) is 22.8 Å². The number of para-hydroxylation sites is 1. The van der Waals surface area contributed by atoms with Gasteiger partial charge in [-0.05, 0) is 56.2 Å². The van der Waals surface area contributed by atoms with Crippen molar-refractivity contribution in [2.75, 3.05) is 13.1 Å². The van der Waals surface area contributed by atoms with Crippen molar-refractivity contribution in [2.45, 2.75) is 25.7 Å². The van der Waals surface area contributed by atoms with E-state index in [0.717, 1.165) is 24.2 Å². The highest BCUT2D eigenvalue weighted by molar-refractivity contribution is 5.96. The predicted octanol–water partition coefficient (Wildman–Crippen LogP) is 5.18. The second kappa shape index (κ2) is 10.3. The summed E-state index contributed by atoms with van der Waals surface area (Å²) in [5.74, 6) is 1.82. The largest absolute Gasteiger partial charge is 0.437 e. The Bertz CT molecular complexity index is 1300. The first kappa shape index (κ1) is 22.5. The molecule has 0 unspecified atom stereocenters. The number of hydrogen-bond donors (Lipinski definition) is 0. The van der Waals surface area contributed by atoms with E-state index in [9.17, 15) is 4.79 Å². The van der Waals surface area contributed by atoms with E-state index in [4.69, 9.17) is 9.47 Å².